The Kier molecular flexibility index (Phi) is 2.27. The van der Waals surface area contributed by atoms with Crippen molar-refractivity contribution in [3.8, 4) is 0 Å². The molecule has 3 N–H and O–H groups in total. The molecule has 0 spiro atoms. The Bertz CT molecular complexity index is 484. The highest BCUT2D eigenvalue weighted by Gasteiger charge is 2.19. The highest BCUT2D eigenvalue weighted by Crippen LogP contribution is 2.27. The van der Waals surface area contributed by atoms with E-state index in [9.17, 15) is 8.42 Å². The summed E-state index contributed by atoms with van der Waals surface area (Å²) in [6.07, 6.45) is 0. The second-order valence-corrected chi connectivity index (χ2v) is 4.99. The summed E-state index contributed by atoms with van der Waals surface area (Å²) in [6, 6.07) is 3.10. The Morgan fingerprint density at radius 2 is 2.14 bits per heavy atom. The number of hydrogen-bond donors (Lipinski definition) is 2. The maximum atomic E-state index is 11.1. The second kappa shape index (κ2) is 3.20. The molecule has 75 valence electrons. The van der Waals surface area contributed by atoms with E-state index in [2.05, 4.69) is 5.32 Å². The summed E-state index contributed by atoms with van der Waals surface area (Å²) in [5.74, 6) is 0. The average molecular weight is 232 g/mol. The van der Waals surface area contributed by atoms with Crippen LogP contribution in [0.2, 0.25) is 5.02 Å². The fourth-order valence-corrected chi connectivity index (χ4v) is 2.52. The summed E-state index contributed by atoms with van der Waals surface area (Å²) in [7, 11) is -3.73. The maximum Gasteiger partial charge on any atom is 0.239 e. The molecule has 1 aliphatic heterocycles. The van der Waals surface area contributed by atoms with Gasteiger partial charge in [0, 0.05) is 6.54 Å². The fraction of sp³-hybridized carbons (Fsp3) is 0.125. The van der Waals surface area contributed by atoms with Crippen LogP contribution >= 0.6 is 11.6 Å². The molecule has 0 aliphatic carbocycles. The minimum absolute atomic E-state index is 0.0185. The van der Waals surface area contributed by atoms with Gasteiger partial charge in [-0.25, -0.2) is 13.6 Å². The van der Waals surface area contributed by atoms with Crippen molar-refractivity contribution in [3.05, 3.63) is 34.8 Å². The van der Waals surface area contributed by atoms with E-state index in [1.165, 1.54) is 6.07 Å². The Morgan fingerprint density at radius 1 is 1.43 bits per heavy atom. The molecule has 1 aromatic rings. The van der Waals surface area contributed by atoms with E-state index in [-0.39, 0.29) is 9.92 Å². The van der Waals surface area contributed by atoms with E-state index in [1.54, 1.807) is 12.6 Å². The molecule has 4 nitrogen and oxygen atoms in total. The van der Waals surface area contributed by atoms with Gasteiger partial charge < -0.3 is 5.32 Å². The van der Waals surface area contributed by atoms with Gasteiger partial charge in [-0.05, 0) is 23.3 Å². The highest BCUT2D eigenvalue weighted by atomic mass is 35.5. The van der Waals surface area contributed by atoms with Crippen LogP contribution in [-0.2, 0) is 16.6 Å². The number of rotatable bonds is 1. The molecule has 0 saturated heterocycles. The number of halogens is 1. The number of nitrogens with one attached hydrogen (secondary N) is 1. The molecule has 1 heterocycles. The summed E-state index contributed by atoms with van der Waals surface area (Å²) in [5, 5.41) is 8.14. The first-order valence-corrected chi connectivity index (χ1v) is 5.83. The van der Waals surface area contributed by atoms with Crippen LogP contribution in [-0.4, -0.2) is 8.42 Å². The second-order valence-electron chi connectivity index (χ2n) is 3.05. The highest BCUT2D eigenvalue weighted by molar-refractivity contribution is 7.89. The number of fused-ring (bicyclic) bond motifs is 1. The van der Waals surface area contributed by atoms with Gasteiger partial charge in [0.25, 0.3) is 0 Å². The van der Waals surface area contributed by atoms with Crippen molar-refractivity contribution in [2.75, 3.05) is 0 Å². The predicted molar refractivity (Wildman–Crippen MR) is 53.1 cm³/mol. The summed E-state index contributed by atoms with van der Waals surface area (Å²) < 4.78 is 22.2. The van der Waals surface area contributed by atoms with E-state index in [0.717, 1.165) is 11.1 Å². The zero-order chi connectivity index (χ0) is 10.3. The smallest absolute Gasteiger partial charge is 0.239 e. The molecule has 0 bridgehead atoms. The lowest BCUT2D eigenvalue weighted by Gasteiger charge is -2.04. The van der Waals surface area contributed by atoms with Gasteiger partial charge in [-0.2, -0.15) is 0 Å². The van der Waals surface area contributed by atoms with Crippen LogP contribution in [0.5, 0.6) is 0 Å². The minimum atomic E-state index is -3.73. The predicted octanol–water partition coefficient (Wildman–Crippen LogP) is 0.600. The van der Waals surface area contributed by atoms with Gasteiger partial charge in [-0.15, -0.1) is 0 Å². The van der Waals surface area contributed by atoms with Crippen LogP contribution in [0.1, 0.15) is 11.1 Å². The molecule has 6 heteroatoms. The molecule has 0 atom stereocenters. The largest absolute Gasteiger partial charge is 0.304 e. The van der Waals surface area contributed by atoms with Crippen LogP contribution in [0.3, 0.4) is 0 Å². The third-order valence-corrected chi connectivity index (χ3v) is 3.43. The number of sulfonamides is 1. The standard InChI is InChI=1S/C8H8ClN2O2S/c9-7-1-5-3-11-4-6(5)2-8(7)14(10,12)13/h1-3,11H,4H2,(H2,10,12,13). The molecular weight excluding hydrogens is 224 g/mol. The van der Waals surface area contributed by atoms with E-state index < -0.39 is 10.0 Å². The first kappa shape index (κ1) is 9.92. The van der Waals surface area contributed by atoms with Gasteiger partial charge in [-0.3, -0.25) is 0 Å². The first-order valence-electron chi connectivity index (χ1n) is 3.90. The Morgan fingerprint density at radius 3 is 2.79 bits per heavy atom. The molecule has 0 unspecified atom stereocenters. The Hall–Kier alpha value is -0.620. The maximum absolute atomic E-state index is 11.1. The van der Waals surface area contributed by atoms with Gasteiger partial charge in [0.1, 0.15) is 4.90 Å². The quantitative estimate of drug-likeness (QED) is 0.744. The van der Waals surface area contributed by atoms with Crippen LogP contribution in [0.25, 0.3) is 0 Å². The van der Waals surface area contributed by atoms with Crippen LogP contribution in [0.4, 0.5) is 0 Å². The molecule has 1 aliphatic rings. The lowest BCUT2D eigenvalue weighted by molar-refractivity contribution is 0.597. The normalized spacial score (nSPS) is 15.6. The van der Waals surface area contributed by atoms with Gasteiger partial charge in [0.2, 0.25) is 10.0 Å². The third kappa shape index (κ3) is 1.64. The molecule has 1 aromatic carbocycles. The topological polar surface area (TPSA) is 72.2 Å². The fourth-order valence-electron chi connectivity index (χ4n) is 1.39. The van der Waals surface area contributed by atoms with Crippen molar-refractivity contribution >= 4 is 21.6 Å². The summed E-state index contributed by atoms with van der Waals surface area (Å²) >= 11 is 5.79. The zero-order valence-electron chi connectivity index (χ0n) is 7.12. The molecule has 0 aromatic heterocycles. The average Bonchev–Trinajstić information content (AvgIpc) is 2.47. The van der Waals surface area contributed by atoms with Crippen LogP contribution < -0.4 is 10.5 Å². The number of hydrogen-bond acceptors (Lipinski definition) is 3. The van der Waals surface area contributed by atoms with Gasteiger partial charge in [0.15, 0.2) is 0 Å². The monoisotopic (exact) mass is 231 g/mol. The van der Waals surface area contributed by atoms with Gasteiger partial charge in [-0.1, -0.05) is 11.6 Å². The van der Waals surface area contributed by atoms with Crippen molar-refractivity contribution in [3.63, 3.8) is 0 Å². The van der Waals surface area contributed by atoms with Crippen LogP contribution in [0, 0.1) is 6.54 Å². The third-order valence-electron chi connectivity index (χ3n) is 2.05. The van der Waals surface area contributed by atoms with Gasteiger partial charge >= 0.3 is 0 Å². The molecule has 14 heavy (non-hydrogen) atoms. The Labute approximate surface area is 87.1 Å². The van der Waals surface area contributed by atoms with Crippen molar-refractivity contribution in [1.82, 2.24) is 5.32 Å². The number of benzene rings is 1. The van der Waals surface area contributed by atoms with E-state index in [4.69, 9.17) is 16.7 Å². The minimum Gasteiger partial charge on any atom is -0.304 e. The molecular formula is C8H8ClN2O2S. The number of nitrogens with two attached hydrogens (primary N) is 1. The van der Waals surface area contributed by atoms with Crippen molar-refractivity contribution in [1.29, 1.82) is 0 Å². The molecule has 0 amide bonds. The van der Waals surface area contributed by atoms with Crippen molar-refractivity contribution in [2.24, 2.45) is 5.14 Å². The Balaban J connectivity index is 2.65. The molecule has 2 rings (SSSR count). The first-order chi connectivity index (χ1) is 6.48. The number of primary sulfonamides is 1. The van der Waals surface area contributed by atoms with Crippen LogP contribution in [0.15, 0.2) is 17.0 Å². The molecule has 0 fully saturated rings. The summed E-state index contributed by atoms with van der Waals surface area (Å²) in [5.41, 5.74) is 1.79. The lowest BCUT2D eigenvalue weighted by atomic mass is 10.1. The van der Waals surface area contributed by atoms with Crippen molar-refractivity contribution in [2.45, 2.75) is 11.4 Å². The molecule has 0 saturated carbocycles. The van der Waals surface area contributed by atoms with E-state index >= 15 is 0 Å². The zero-order valence-corrected chi connectivity index (χ0v) is 8.69. The van der Waals surface area contributed by atoms with E-state index in [0.29, 0.717) is 6.54 Å². The van der Waals surface area contributed by atoms with Gasteiger partial charge in [0.05, 0.1) is 11.6 Å². The summed E-state index contributed by atoms with van der Waals surface area (Å²) in [6.45, 7) is 2.39. The SMILES string of the molecule is NS(=O)(=O)c1cc2c(cc1Cl)[CH]NC2. The van der Waals surface area contributed by atoms with E-state index in [1.807, 2.05) is 0 Å². The lowest BCUT2D eigenvalue weighted by Crippen LogP contribution is -2.13. The summed E-state index contributed by atoms with van der Waals surface area (Å²) in [4.78, 5) is -0.0185. The van der Waals surface area contributed by atoms with Crippen molar-refractivity contribution < 1.29 is 8.42 Å². The molecule has 1 radical (unpaired) electrons.